The molecule has 1 aromatic rings. The minimum Gasteiger partial charge on any atom is -0.497 e. The molecule has 84 valence electrons. The number of hydrogen-bond donors (Lipinski definition) is 2. The van der Waals surface area contributed by atoms with Gasteiger partial charge in [0.2, 0.25) is 0 Å². The van der Waals surface area contributed by atoms with Crippen molar-refractivity contribution in [3.63, 3.8) is 0 Å². The van der Waals surface area contributed by atoms with E-state index < -0.39 is 0 Å². The molecule has 0 saturated carbocycles. The van der Waals surface area contributed by atoms with E-state index in [4.69, 9.17) is 16.2 Å². The van der Waals surface area contributed by atoms with Crippen LogP contribution in [0.3, 0.4) is 0 Å². The number of nitrogens with two attached hydrogens (primary N) is 2. The van der Waals surface area contributed by atoms with Crippen molar-refractivity contribution in [1.29, 1.82) is 0 Å². The van der Waals surface area contributed by atoms with Gasteiger partial charge in [0.05, 0.1) is 7.11 Å². The van der Waals surface area contributed by atoms with E-state index in [0.717, 1.165) is 5.75 Å². The van der Waals surface area contributed by atoms with Crippen LogP contribution in [0.2, 0.25) is 0 Å². The highest BCUT2D eigenvalue weighted by molar-refractivity contribution is 5.30. The SMILES string of the molecule is COc1cccc(C(C)C(CN)CN)c1. The normalized spacial score (nSPS) is 12.9. The van der Waals surface area contributed by atoms with Crippen LogP contribution in [0.15, 0.2) is 24.3 Å². The van der Waals surface area contributed by atoms with E-state index in [1.54, 1.807) is 7.11 Å². The molecule has 0 saturated heterocycles. The van der Waals surface area contributed by atoms with Crippen molar-refractivity contribution >= 4 is 0 Å². The van der Waals surface area contributed by atoms with E-state index in [2.05, 4.69) is 13.0 Å². The van der Waals surface area contributed by atoms with Gasteiger partial charge in [-0.05, 0) is 42.6 Å². The Balaban J connectivity index is 2.84. The lowest BCUT2D eigenvalue weighted by atomic mass is 9.87. The van der Waals surface area contributed by atoms with Gasteiger partial charge >= 0.3 is 0 Å². The summed E-state index contributed by atoms with van der Waals surface area (Å²) in [7, 11) is 1.67. The van der Waals surface area contributed by atoms with Crippen LogP contribution in [0.5, 0.6) is 5.75 Å². The van der Waals surface area contributed by atoms with Crippen LogP contribution < -0.4 is 16.2 Å². The molecule has 0 radical (unpaired) electrons. The first-order chi connectivity index (χ1) is 7.22. The lowest BCUT2D eigenvalue weighted by molar-refractivity contribution is 0.411. The maximum absolute atomic E-state index is 5.68. The van der Waals surface area contributed by atoms with Gasteiger partial charge in [-0.15, -0.1) is 0 Å². The predicted octanol–water partition coefficient (Wildman–Crippen LogP) is 1.33. The summed E-state index contributed by atoms with van der Waals surface area (Å²) in [6.07, 6.45) is 0. The summed E-state index contributed by atoms with van der Waals surface area (Å²) in [6.45, 7) is 3.39. The molecule has 3 nitrogen and oxygen atoms in total. The molecule has 0 heterocycles. The molecule has 0 aliphatic rings. The second-order valence-electron chi connectivity index (χ2n) is 3.80. The summed E-state index contributed by atoms with van der Waals surface area (Å²) < 4.78 is 5.19. The van der Waals surface area contributed by atoms with E-state index in [1.165, 1.54) is 5.56 Å². The third-order valence-electron chi connectivity index (χ3n) is 2.93. The smallest absolute Gasteiger partial charge is 0.119 e. The number of hydrogen-bond acceptors (Lipinski definition) is 3. The van der Waals surface area contributed by atoms with E-state index in [1.807, 2.05) is 18.2 Å². The zero-order valence-corrected chi connectivity index (χ0v) is 9.44. The van der Waals surface area contributed by atoms with Crippen molar-refractivity contribution in [1.82, 2.24) is 0 Å². The van der Waals surface area contributed by atoms with Crippen LogP contribution in [0.4, 0.5) is 0 Å². The van der Waals surface area contributed by atoms with E-state index in [9.17, 15) is 0 Å². The third kappa shape index (κ3) is 2.94. The Morgan fingerprint density at radius 3 is 2.47 bits per heavy atom. The molecule has 4 N–H and O–H groups in total. The first-order valence-corrected chi connectivity index (χ1v) is 5.27. The second-order valence-corrected chi connectivity index (χ2v) is 3.80. The topological polar surface area (TPSA) is 61.3 Å². The highest BCUT2D eigenvalue weighted by Gasteiger charge is 2.16. The van der Waals surface area contributed by atoms with Crippen molar-refractivity contribution in [2.24, 2.45) is 17.4 Å². The predicted molar refractivity (Wildman–Crippen MR) is 63.0 cm³/mol. The fraction of sp³-hybridized carbons (Fsp3) is 0.500. The summed E-state index contributed by atoms with van der Waals surface area (Å²) >= 11 is 0. The van der Waals surface area contributed by atoms with Crippen LogP contribution in [0.1, 0.15) is 18.4 Å². The average molecular weight is 208 g/mol. The number of ether oxygens (including phenoxy) is 1. The average Bonchev–Trinajstić information content (AvgIpc) is 2.30. The maximum atomic E-state index is 5.68. The molecular weight excluding hydrogens is 188 g/mol. The van der Waals surface area contributed by atoms with E-state index in [-0.39, 0.29) is 0 Å². The van der Waals surface area contributed by atoms with Crippen LogP contribution in [0, 0.1) is 5.92 Å². The second kappa shape index (κ2) is 5.73. The summed E-state index contributed by atoms with van der Waals surface area (Å²) in [5.74, 6) is 1.58. The van der Waals surface area contributed by atoms with Gasteiger partial charge in [-0.1, -0.05) is 19.1 Å². The first-order valence-electron chi connectivity index (χ1n) is 5.27. The molecule has 15 heavy (non-hydrogen) atoms. The quantitative estimate of drug-likeness (QED) is 0.767. The number of benzene rings is 1. The van der Waals surface area contributed by atoms with Crippen molar-refractivity contribution < 1.29 is 4.74 Å². The van der Waals surface area contributed by atoms with Gasteiger partial charge in [-0.25, -0.2) is 0 Å². The molecule has 0 amide bonds. The van der Waals surface area contributed by atoms with Gasteiger partial charge in [0.1, 0.15) is 5.75 Å². The summed E-state index contributed by atoms with van der Waals surface area (Å²) in [6, 6.07) is 8.07. The Labute approximate surface area is 91.4 Å². The highest BCUT2D eigenvalue weighted by Crippen LogP contribution is 2.25. The molecule has 3 heteroatoms. The first kappa shape index (κ1) is 12.0. The molecule has 1 aromatic carbocycles. The van der Waals surface area contributed by atoms with Crippen molar-refractivity contribution in [3.8, 4) is 5.75 Å². The summed E-state index contributed by atoms with van der Waals surface area (Å²) in [4.78, 5) is 0. The van der Waals surface area contributed by atoms with Gasteiger partial charge in [0.15, 0.2) is 0 Å². The van der Waals surface area contributed by atoms with Crippen LogP contribution in [-0.4, -0.2) is 20.2 Å². The van der Waals surface area contributed by atoms with Crippen molar-refractivity contribution in [3.05, 3.63) is 29.8 Å². The Hall–Kier alpha value is -1.06. The molecule has 0 aromatic heterocycles. The molecule has 0 aliphatic carbocycles. The molecule has 1 rings (SSSR count). The Bertz CT molecular complexity index is 297. The summed E-state index contributed by atoms with van der Waals surface area (Å²) in [5.41, 5.74) is 12.6. The van der Waals surface area contributed by atoms with E-state index in [0.29, 0.717) is 24.9 Å². The van der Waals surface area contributed by atoms with Crippen LogP contribution in [0.25, 0.3) is 0 Å². The monoisotopic (exact) mass is 208 g/mol. The number of rotatable bonds is 5. The summed E-state index contributed by atoms with van der Waals surface area (Å²) in [5, 5.41) is 0. The Morgan fingerprint density at radius 2 is 1.93 bits per heavy atom. The minimum absolute atomic E-state index is 0.331. The Morgan fingerprint density at radius 1 is 1.27 bits per heavy atom. The van der Waals surface area contributed by atoms with Crippen LogP contribution >= 0.6 is 0 Å². The maximum Gasteiger partial charge on any atom is 0.119 e. The van der Waals surface area contributed by atoms with Gasteiger partial charge < -0.3 is 16.2 Å². The minimum atomic E-state index is 0.331. The van der Waals surface area contributed by atoms with Gasteiger partial charge in [-0.3, -0.25) is 0 Å². The highest BCUT2D eigenvalue weighted by atomic mass is 16.5. The van der Waals surface area contributed by atoms with Crippen LogP contribution in [-0.2, 0) is 0 Å². The standard InChI is InChI=1S/C12H20N2O/c1-9(11(7-13)8-14)10-4-3-5-12(6-10)15-2/h3-6,9,11H,7-8,13-14H2,1-2H3. The molecule has 0 bridgehead atoms. The molecule has 0 fully saturated rings. The zero-order chi connectivity index (χ0) is 11.3. The molecule has 1 unspecified atom stereocenters. The zero-order valence-electron chi connectivity index (χ0n) is 9.44. The molecular formula is C12H20N2O. The van der Waals surface area contributed by atoms with Gasteiger partial charge in [0, 0.05) is 0 Å². The molecule has 0 spiro atoms. The lowest BCUT2D eigenvalue weighted by Crippen LogP contribution is -2.27. The molecule has 1 atom stereocenters. The molecule has 0 aliphatic heterocycles. The van der Waals surface area contributed by atoms with Crippen molar-refractivity contribution in [2.75, 3.05) is 20.2 Å². The number of methoxy groups -OCH3 is 1. The fourth-order valence-corrected chi connectivity index (χ4v) is 1.70. The van der Waals surface area contributed by atoms with Gasteiger partial charge in [-0.2, -0.15) is 0 Å². The van der Waals surface area contributed by atoms with E-state index >= 15 is 0 Å². The lowest BCUT2D eigenvalue weighted by Gasteiger charge is -2.21. The largest absolute Gasteiger partial charge is 0.497 e. The van der Waals surface area contributed by atoms with Gasteiger partial charge in [0.25, 0.3) is 0 Å². The third-order valence-corrected chi connectivity index (χ3v) is 2.93. The Kier molecular flexibility index (Phi) is 4.59. The van der Waals surface area contributed by atoms with Crippen molar-refractivity contribution in [2.45, 2.75) is 12.8 Å². The fourth-order valence-electron chi connectivity index (χ4n) is 1.70.